The van der Waals surface area contributed by atoms with E-state index in [1.54, 1.807) is 10.9 Å². The van der Waals surface area contributed by atoms with E-state index in [2.05, 4.69) is 9.88 Å². The van der Waals surface area contributed by atoms with E-state index in [0.29, 0.717) is 49.2 Å². The van der Waals surface area contributed by atoms with Crippen LogP contribution in [0.2, 0.25) is 0 Å². The van der Waals surface area contributed by atoms with Crippen molar-refractivity contribution >= 4 is 23.2 Å². The Labute approximate surface area is 187 Å². The minimum absolute atomic E-state index is 0.000287. The van der Waals surface area contributed by atoms with Gasteiger partial charge < -0.3 is 19.4 Å². The molecule has 0 radical (unpaired) electrons. The fourth-order valence-corrected chi connectivity index (χ4v) is 5.03. The van der Waals surface area contributed by atoms with E-state index in [1.165, 1.54) is 11.3 Å². The first-order valence-corrected chi connectivity index (χ1v) is 11.8. The first kappa shape index (κ1) is 21.8. The molecule has 0 saturated carbocycles. The van der Waals surface area contributed by atoms with Gasteiger partial charge in [0, 0.05) is 31.6 Å². The number of benzene rings is 1. The van der Waals surface area contributed by atoms with Crippen molar-refractivity contribution in [2.45, 2.75) is 25.3 Å². The minimum Gasteiger partial charge on any atom is -0.491 e. The smallest absolute Gasteiger partial charge is 0.273 e. The lowest BCUT2D eigenvalue weighted by Crippen LogP contribution is -2.44. The van der Waals surface area contributed by atoms with E-state index >= 15 is 0 Å². The molecule has 2 aliphatic heterocycles. The fraction of sp³-hybridized carbons (Fsp3) is 0.522. The number of carbonyl (C=O) groups is 2. The Kier molecular flexibility index (Phi) is 6.87. The summed E-state index contributed by atoms with van der Waals surface area (Å²) in [7, 11) is 3.99. The van der Waals surface area contributed by atoms with Crippen molar-refractivity contribution in [2.24, 2.45) is 5.92 Å². The van der Waals surface area contributed by atoms with Crippen LogP contribution < -0.4 is 4.74 Å². The van der Waals surface area contributed by atoms with Crippen LogP contribution in [-0.4, -0.2) is 84.4 Å². The molecule has 2 atom stereocenters. The molecule has 8 heteroatoms. The van der Waals surface area contributed by atoms with Crippen LogP contribution in [0.5, 0.6) is 5.75 Å². The number of fused-ring (bicyclic) bond motifs is 1. The van der Waals surface area contributed by atoms with E-state index in [9.17, 15) is 9.59 Å². The number of likely N-dealkylation sites (N-methyl/N-ethyl adjacent to an activating group) is 1. The molecule has 2 amide bonds. The van der Waals surface area contributed by atoms with E-state index in [-0.39, 0.29) is 17.9 Å². The summed E-state index contributed by atoms with van der Waals surface area (Å²) in [5.41, 5.74) is 2.79. The number of likely N-dealkylation sites (tertiary alicyclic amines) is 2. The predicted octanol–water partition coefficient (Wildman–Crippen LogP) is 2.85. The van der Waals surface area contributed by atoms with Gasteiger partial charge in [-0.05, 0) is 45.0 Å². The Morgan fingerprint density at radius 2 is 2.03 bits per heavy atom. The summed E-state index contributed by atoms with van der Waals surface area (Å²) in [5, 5.41) is 1.79. The van der Waals surface area contributed by atoms with Gasteiger partial charge in [-0.2, -0.15) is 0 Å². The molecule has 0 bridgehead atoms. The van der Waals surface area contributed by atoms with Crippen LogP contribution in [0.1, 0.15) is 40.1 Å². The van der Waals surface area contributed by atoms with Gasteiger partial charge in [0.2, 0.25) is 0 Å². The lowest BCUT2D eigenvalue weighted by Gasteiger charge is -2.30. The quantitative estimate of drug-likeness (QED) is 0.688. The highest BCUT2D eigenvalue weighted by Gasteiger charge is 2.42. The van der Waals surface area contributed by atoms with Crippen molar-refractivity contribution in [2.75, 3.05) is 46.9 Å². The highest BCUT2D eigenvalue weighted by atomic mass is 32.1. The Bertz CT molecular complexity index is 902. The summed E-state index contributed by atoms with van der Waals surface area (Å²) in [5.74, 6) is 0.897. The average molecular weight is 443 g/mol. The maximum Gasteiger partial charge on any atom is 0.273 e. The monoisotopic (exact) mass is 442 g/mol. The number of hydrogen-bond acceptors (Lipinski definition) is 6. The lowest BCUT2D eigenvalue weighted by atomic mass is 9.98. The lowest BCUT2D eigenvalue weighted by molar-refractivity contribution is 0.0641. The molecule has 4 rings (SSSR count). The molecule has 2 aliphatic rings. The van der Waals surface area contributed by atoms with Crippen LogP contribution in [0.15, 0.2) is 35.2 Å². The molecular weight excluding hydrogens is 412 g/mol. The Hall–Kier alpha value is -2.45. The topological polar surface area (TPSA) is 66.0 Å². The maximum atomic E-state index is 13.6. The highest BCUT2D eigenvalue weighted by molar-refractivity contribution is 7.07. The average Bonchev–Trinajstić information content (AvgIpc) is 3.40. The van der Waals surface area contributed by atoms with Crippen molar-refractivity contribution in [1.82, 2.24) is 19.7 Å². The number of aromatic nitrogens is 1. The molecule has 0 unspecified atom stereocenters. The normalized spacial score (nSPS) is 21.1. The molecular formula is C23H30N4O3S. The molecule has 31 heavy (non-hydrogen) atoms. The zero-order valence-corrected chi connectivity index (χ0v) is 19.0. The molecule has 0 spiro atoms. The summed E-state index contributed by atoms with van der Waals surface area (Å²) in [6.45, 7) is 3.27. The standard InChI is InChI=1S/C23H30N4O3S/c1-25(2)11-12-30-21-9-4-3-8-18(21)22(28)27-10-6-5-7-17-13-26(14-20(17)27)23(29)19-15-31-16-24-19/h3-4,8-9,15-17,20H,5-7,10-14H2,1-2H3/t17-,20+/m0/s1. The van der Waals surface area contributed by atoms with Crippen molar-refractivity contribution < 1.29 is 14.3 Å². The van der Waals surface area contributed by atoms with Crippen LogP contribution in [0.4, 0.5) is 0 Å². The van der Waals surface area contributed by atoms with Crippen molar-refractivity contribution in [3.8, 4) is 5.75 Å². The molecule has 0 N–H and O–H groups in total. The second-order valence-electron chi connectivity index (χ2n) is 8.55. The second-order valence-corrected chi connectivity index (χ2v) is 9.27. The van der Waals surface area contributed by atoms with Crippen LogP contribution >= 0.6 is 11.3 Å². The third-order valence-corrected chi connectivity index (χ3v) is 6.73. The minimum atomic E-state index is -0.0332. The number of thiazole rings is 1. The number of para-hydroxylation sites is 1. The van der Waals surface area contributed by atoms with Gasteiger partial charge in [-0.15, -0.1) is 11.3 Å². The Morgan fingerprint density at radius 3 is 2.81 bits per heavy atom. The molecule has 2 saturated heterocycles. The Morgan fingerprint density at radius 1 is 1.19 bits per heavy atom. The van der Waals surface area contributed by atoms with E-state index in [0.717, 1.165) is 25.8 Å². The SMILES string of the molecule is CN(C)CCOc1ccccc1C(=O)N1CCCC[C@H]2CN(C(=O)c3cscn3)C[C@H]21. The number of hydrogen-bond donors (Lipinski definition) is 0. The third-order valence-electron chi connectivity index (χ3n) is 6.14. The van der Waals surface area contributed by atoms with Gasteiger partial charge in [-0.3, -0.25) is 9.59 Å². The van der Waals surface area contributed by atoms with Gasteiger partial charge in [0.1, 0.15) is 18.1 Å². The number of ether oxygens (including phenoxy) is 1. The van der Waals surface area contributed by atoms with E-state index in [1.807, 2.05) is 48.2 Å². The molecule has 2 aromatic rings. The van der Waals surface area contributed by atoms with Crippen LogP contribution in [0.3, 0.4) is 0 Å². The summed E-state index contributed by atoms with van der Waals surface area (Å²) in [6, 6.07) is 7.53. The van der Waals surface area contributed by atoms with Gasteiger partial charge in [0.15, 0.2) is 0 Å². The number of nitrogens with zero attached hydrogens (tertiary/aromatic N) is 4. The van der Waals surface area contributed by atoms with Gasteiger partial charge in [0.05, 0.1) is 17.1 Å². The summed E-state index contributed by atoms with van der Waals surface area (Å²) < 4.78 is 5.95. The number of carbonyl (C=O) groups excluding carboxylic acids is 2. The maximum absolute atomic E-state index is 13.6. The first-order chi connectivity index (χ1) is 15.0. The van der Waals surface area contributed by atoms with Gasteiger partial charge in [-0.25, -0.2) is 4.98 Å². The molecule has 3 heterocycles. The third kappa shape index (κ3) is 4.91. The number of amides is 2. The second kappa shape index (κ2) is 9.78. The summed E-state index contributed by atoms with van der Waals surface area (Å²) in [4.78, 5) is 36.6. The predicted molar refractivity (Wildman–Crippen MR) is 121 cm³/mol. The Balaban J connectivity index is 1.52. The largest absolute Gasteiger partial charge is 0.491 e. The summed E-state index contributed by atoms with van der Waals surface area (Å²) in [6.07, 6.45) is 3.10. The van der Waals surface area contributed by atoms with Crippen LogP contribution in [0, 0.1) is 5.92 Å². The number of rotatable bonds is 6. The molecule has 1 aromatic carbocycles. The van der Waals surface area contributed by atoms with Crippen molar-refractivity contribution in [3.63, 3.8) is 0 Å². The zero-order valence-electron chi connectivity index (χ0n) is 18.2. The summed E-state index contributed by atoms with van der Waals surface area (Å²) >= 11 is 1.43. The van der Waals surface area contributed by atoms with Crippen LogP contribution in [0.25, 0.3) is 0 Å². The molecule has 2 fully saturated rings. The van der Waals surface area contributed by atoms with Crippen LogP contribution in [-0.2, 0) is 0 Å². The fourth-order valence-electron chi connectivity index (χ4n) is 4.51. The van der Waals surface area contributed by atoms with Gasteiger partial charge >= 0.3 is 0 Å². The van der Waals surface area contributed by atoms with E-state index in [4.69, 9.17) is 4.74 Å². The van der Waals surface area contributed by atoms with Crippen molar-refractivity contribution in [3.05, 3.63) is 46.4 Å². The molecule has 0 aliphatic carbocycles. The zero-order chi connectivity index (χ0) is 21.8. The van der Waals surface area contributed by atoms with Crippen molar-refractivity contribution in [1.29, 1.82) is 0 Å². The highest BCUT2D eigenvalue weighted by Crippen LogP contribution is 2.33. The molecule has 166 valence electrons. The first-order valence-electron chi connectivity index (χ1n) is 10.9. The van der Waals surface area contributed by atoms with E-state index < -0.39 is 0 Å². The molecule has 7 nitrogen and oxygen atoms in total. The molecule has 1 aromatic heterocycles. The van der Waals surface area contributed by atoms with Gasteiger partial charge in [0.25, 0.3) is 11.8 Å². The van der Waals surface area contributed by atoms with Gasteiger partial charge in [-0.1, -0.05) is 18.6 Å².